The van der Waals surface area contributed by atoms with E-state index in [0.29, 0.717) is 10.2 Å². The number of rotatable bonds is 2. The van der Waals surface area contributed by atoms with Crippen molar-refractivity contribution >= 4 is 27.8 Å². The molecule has 19 heavy (non-hydrogen) atoms. The molecular weight excluding hydrogens is 333 g/mol. The molecule has 0 aliphatic heterocycles. The SMILES string of the molecule is Cc1cc(Br)oc1C(=O)Nc1n[nH]c(C(F)(F)F)n1. The van der Waals surface area contributed by atoms with Crippen LogP contribution in [0.5, 0.6) is 0 Å². The molecule has 102 valence electrons. The Morgan fingerprint density at radius 3 is 2.68 bits per heavy atom. The van der Waals surface area contributed by atoms with Crippen LogP contribution in [0.2, 0.25) is 0 Å². The van der Waals surface area contributed by atoms with Gasteiger partial charge in [0, 0.05) is 5.56 Å². The van der Waals surface area contributed by atoms with Gasteiger partial charge in [-0.05, 0) is 28.9 Å². The van der Waals surface area contributed by atoms with Gasteiger partial charge in [0.1, 0.15) is 0 Å². The lowest BCUT2D eigenvalue weighted by atomic mass is 10.3. The highest BCUT2D eigenvalue weighted by atomic mass is 79.9. The maximum absolute atomic E-state index is 12.3. The molecule has 0 saturated heterocycles. The summed E-state index contributed by atoms with van der Waals surface area (Å²) in [4.78, 5) is 14.8. The van der Waals surface area contributed by atoms with Crippen LogP contribution in [0.25, 0.3) is 0 Å². The average molecular weight is 339 g/mol. The van der Waals surface area contributed by atoms with Crippen LogP contribution in [0.1, 0.15) is 21.9 Å². The molecule has 2 aromatic heterocycles. The summed E-state index contributed by atoms with van der Waals surface area (Å²) in [7, 11) is 0. The maximum Gasteiger partial charge on any atom is 0.451 e. The minimum Gasteiger partial charge on any atom is -0.444 e. The predicted octanol–water partition coefficient (Wildman–Crippen LogP) is 2.74. The highest BCUT2D eigenvalue weighted by Crippen LogP contribution is 2.26. The van der Waals surface area contributed by atoms with Crippen molar-refractivity contribution in [3.05, 3.63) is 27.9 Å². The van der Waals surface area contributed by atoms with Crippen LogP contribution >= 0.6 is 15.9 Å². The van der Waals surface area contributed by atoms with Gasteiger partial charge >= 0.3 is 6.18 Å². The number of anilines is 1. The van der Waals surface area contributed by atoms with E-state index in [-0.39, 0.29) is 5.76 Å². The van der Waals surface area contributed by atoms with Crippen LogP contribution in [-0.4, -0.2) is 21.1 Å². The molecule has 6 nitrogen and oxygen atoms in total. The number of aryl methyl sites for hydroxylation is 1. The number of nitrogens with one attached hydrogen (secondary N) is 2. The third-order valence-electron chi connectivity index (χ3n) is 2.07. The van der Waals surface area contributed by atoms with Crippen molar-refractivity contribution in [2.75, 3.05) is 5.32 Å². The van der Waals surface area contributed by atoms with Crippen LogP contribution in [0, 0.1) is 6.92 Å². The second-order valence-electron chi connectivity index (χ2n) is 3.52. The number of furan rings is 1. The van der Waals surface area contributed by atoms with Gasteiger partial charge in [-0.1, -0.05) is 0 Å². The molecule has 0 bridgehead atoms. The third kappa shape index (κ3) is 2.95. The topological polar surface area (TPSA) is 83.8 Å². The second kappa shape index (κ2) is 4.68. The number of halogens is 4. The first-order valence-electron chi connectivity index (χ1n) is 4.84. The summed E-state index contributed by atoms with van der Waals surface area (Å²) in [5, 5.41) is 7.02. The molecule has 0 aromatic carbocycles. The van der Waals surface area contributed by atoms with Gasteiger partial charge < -0.3 is 4.42 Å². The van der Waals surface area contributed by atoms with E-state index in [9.17, 15) is 18.0 Å². The van der Waals surface area contributed by atoms with Gasteiger partial charge in [0.05, 0.1) is 0 Å². The number of alkyl halides is 3. The van der Waals surface area contributed by atoms with Crippen molar-refractivity contribution < 1.29 is 22.4 Å². The van der Waals surface area contributed by atoms with Gasteiger partial charge in [-0.25, -0.2) is 0 Å². The quantitative estimate of drug-likeness (QED) is 0.881. The van der Waals surface area contributed by atoms with Crippen molar-refractivity contribution in [1.82, 2.24) is 15.2 Å². The summed E-state index contributed by atoms with van der Waals surface area (Å²) in [6.45, 7) is 1.61. The highest BCUT2D eigenvalue weighted by Gasteiger charge is 2.35. The van der Waals surface area contributed by atoms with E-state index in [1.165, 1.54) is 0 Å². The van der Waals surface area contributed by atoms with Crippen LogP contribution in [0.15, 0.2) is 15.2 Å². The average Bonchev–Trinajstić information content (AvgIpc) is 2.84. The van der Waals surface area contributed by atoms with Crippen molar-refractivity contribution in [2.45, 2.75) is 13.1 Å². The largest absolute Gasteiger partial charge is 0.451 e. The number of amides is 1. The summed E-state index contributed by atoms with van der Waals surface area (Å²) >= 11 is 3.03. The van der Waals surface area contributed by atoms with Crippen molar-refractivity contribution in [3.63, 3.8) is 0 Å². The minimum atomic E-state index is -4.65. The Kier molecular flexibility index (Phi) is 3.35. The number of hydrogen-bond acceptors (Lipinski definition) is 4. The Labute approximate surface area is 112 Å². The normalized spacial score (nSPS) is 11.6. The molecule has 1 amide bonds. The van der Waals surface area contributed by atoms with E-state index in [0.717, 1.165) is 0 Å². The Balaban J connectivity index is 2.16. The summed E-state index contributed by atoms with van der Waals surface area (Å²) in [5.41, 5.74) is 0.524. The predicted molar refractivity (Wildman–Crippen MR) is 60.5 cm³/mol. The number of aromatic amines is 1. The smallest absolute Gasteiger partial charge is 0.444 e. The Morgan fingerprint density at radius 2 is 2.21 bits per heavy atom. The van der Waals surface area contributed by atoms with Gasteiger partial charge in [-0.15, -0.1) is 5.10 Å². The zero-order chi connectivity index (χ0) is 14.2. The molecule has 2 aromatic rings. The van der Waals surface area contributed by atoms with Gasteiger partial charge in [0.2, 0.25) is 11.8 Å². The van der Waals surface area contributed by atoms with Crippen molar-refractivity contribution in [2.24, 2.45) is 0 Å². The molecular formula is C9H6BrF3N4O2. The van der Waals surface area contributed by atoms with E-state index in [1.807, 2.05) is 0 Å². The lowest BCUT2D eigenvalue weighted by Crippen LogP contribution is -2.13. The van der Waals surface area contributed by atoms with Crippen molar-refractivity contribution in [3.8, 4) is 0 Å². The molecule has 0 fully saturated rings. The molecule has 10 heteroatoms. The summed E-state index contributed by atoms with van der Waals surface area (Å²) in [6.07, 6.45) is -4.65. The first-order chi connectivity index (χ1) is 8.77. The van der Waals surface area contributed by atoms with E-state index < -0.39 is 23.9 Å². The molecule has 0 aliphatic rings. The van der Waals surface area contributed by atoms with Crippen molar-refractivity contribution in [1.29, 1.82) is 0 Å². The van der Waals surface area contributed by atoms with Crippen LogP contribution < -0.4 is 5.32 Å². The molecule has 0 radical (unpaired) electrons. The van der Waals surface area contributed by atoms with Crippen LogP contribution in [0.3, 0.4) is 0 Å². The summed E-state index contributed by atoms with van der Waals surface area (Å²) in [6, 6.07) is 1.55. The van der Waals surface area contributed by atoms with E-state index in [1.54, 1.807) is 18.1 Å². The number of carbonyl (C=O) groups excluding carboxylic acids is 1. The Hall–Kier alpha value is -1.84. The minimum absolute atomic E-state index is 0.0368. The van der Waals surface area contributed by atoms with E-state index in [2.05, 4.69) is 31.3 Å². The number of carbonyl (C=O) groups is 1. The Bertz CT molecular complexity index is 619. The lowest BCUT2D eigenvalue weighted by molar-refractivity contribution is -0.144. The molecule has 0 unspecified atom stereocenters. The first kappa shape index (κ1) is 13.6. The van der Waals surface area contributed by atoms with Crippen LogP contribution in [-0.2, 0) is 6.18 Å². The van der Waals surface area contributed by atoms with Gasteiger partial charge in [0.15, 0.2) is 10.4 Å². The number of H-pyrrole nitrogens is 1. The zero-order valence-corrected chi connectivity index (χ0v) is 10.9. The molecule has 0 aliphatic carbocycles. The standard InChI is InChI=1S/C9H6BrF3N4O2/c1-3-2-4(10)19-5(3)6(18)14-8-15-7(16-17-8)9(11,12)13/h2H,1H3,(H2,14,15,16,17,18). The number of aromatic nitrogens is 3. The Morgan fingerprint density at radius 1 is 1.53 bits per heavy atom. The second-order valence-corrected chi connectivity index (χ2v) is 4.30. The fraction of sp³-hybridized carbons (Fsp3) is 0.222. The van der Waals surface area contributed by atoms with Gasteiger partial charge in [-0.3, -0.25) is 15.2 Å². The molecule has 2 rings (SSSR count). The zero-order valence-electron chi connectivity index (χ0n) is 9.30. The first-order valence-corrected chi connectivity index (χ1v) is 5.63. The summed E-state index contributed by atoms with van der Waals surface area (Å²) in [5.74, 6) is -2.55. The van der Waals surface area contributed by atoms with Crippen LogP contribution in [0.4, 0.5) is 19.1 Å². The fourth-order valence-corrected chi connectivity index (χ4v) is 1.78. The number of hydrogen-bond donors (Lipinski definition) is 2. The fourth-order valence-electron chi connectivity index (χ4n) is 1.27. The van der Waals surface area contributed by atoms with Gasteiger partial charge in [-0.2, -0.15) is 18.2 Å². The number of nitrogens with zero attached hydrogens (tertiary/aromatic N) is 2. The van der Waals surface area contributed by atoms with E-state index >= 15 is 0 Å². The van der Waals surface area contributed by atoms with E-state index in [4.69, 9.17) is 4.42 Å². The monoisotopic (exact) mass is 338 g/mol. The molecule has 0 saturated carbocycles. The highest BCUT2D eigenvalue weighted by molar-refractivity contribution is 9.10. The molecule has 2 heterocycles. The van der Waals surface area contributed by atoms with Gasteiger partial charge in [0.25, 0.3) is 5.91 Å². The third-order valence-corrected chi connectivity index (χ3v) is 2.46. The molecule has 2 N–H and O–H groups in total. The molecule has 0 spiro atoms. The maximum atomic E-state index is 12.3. The summed E-state index contributed by atoms with van der Waals surface area (Å²) < 4.78 is 42.1. The molecule has 0 atom stereocenters. The lowest BCUT2D eigenvalue weighted by Gasteiger charge is -1.99.